The summed E-state index contributed by atoms with van der Waals surface area (Å²) in [6, 6.07) is 2.73. The molecule has 1 fully saturated rings. The van der Waals surface area contributed by atoms with Crippen molar-refractivity contribution in [2.24, 2.45) is 5.92 Å². The van der Waals surface area contributed by atoms with Crippen molar-refractivity contribution in [3.63, 3.8) is 0 Å². The van der Waals surface area contributed by atoms with Crippen LogP contribution >= 0.6 is 15.9 Å². The monoisotopic (exact) mass is 303 g/mol. The predicted molar refractivity (Wildman–Crippen MR) is 67.7 cm³/mol. The van der Waals surface area contributed by atoms with Crippen LogP contribution in [-0.2, 0) is 6.54 Å². The van der Waals surface area contributed by atoms with Gasteiger partial charge in [0, 0.05) is 18.7 Å². The second kappa shape index (κ2) is 5.44. The third kappa shape index (κ3) is 3.05. The summed E-state index contributed by atoms with van der Waals surface area (Å²) >= 11 is 3.10. The fourth-order valence-corrected chi connectivity index (χ4v) is 2.74. The number of likely N-dealkylation sites (tertiary alicyclic amines) is 1. The molecule has 2 rings (SSSR count). The van der Waals surface area contributed by atoms with E-state index in [0.717, 1.165) is 19.5 Å². The molecule has 0 bridgehead atoms. The Morgan fingerprint density at radius 2 is 2.18 bits per heavy atom. The van der Waals surface area contributed by atoms with Gasteiger partial charge in [-0.25, -0.2) is 8.78 Å². The highest BCUT2D eigenvalue weighted by Crippen LogP contribution is 2.25. The highest BCUT2D eigenvalue weighted by Gasteiger charge is 2.20. The lowest BCUT2D eigenvalue weighted by atomic mass is 10.00. The van der Waals surface area contributed by atoms with E-state index in [1.165, 1.54) is 18.6 Å². The van der Waals surface area contributed by atoms with Gasteiger partial charge in [0.15, 0.2) is 0 Å². The molecule has 0 radical (unpaired) electrons. The van der Waals surface area contributed by atoms with Crippen LogP contribution in [0.5, 0.6) is 0 Å². The highest BCUT2D eigenvalue weighted by molar-refractivity contribution is 9.10. The van der Waals surface area contributed by atoms with Gasteiger partial charge in [-0.2, -0.15) is 0 Å². The minimum Gasteiger partial charge on any atom is -0.299 e. The first kappa shape index (κ1) is 13.0. The Balaban J connectivity index is 2.15. The van der Waals surface area contributed by atoms with Gasteiger partial charge in [-0.15, -0.1) is 0 Å². The first-order chi connectivity index (χ1) is 8.08. The average Bonchev–Trinajstić information content (AvgIpc) is 2.30. The van der Waals surface area contributed by atoms with Crippen LogP contribution < -0.4 is 0 Å². The van der Waals surface area contributed by atoms with Crippen LogP contribution in [0.1, 0.15) is 25.3 Å². The number of rotatable bonds is 2. The van der Waals surface area contributed by atoms with E-state index in [1.807, 2.05) is 0 Å². The third-order valence-electron chi connectivity index (χ3n) is 3.26. The Kier molecular flexibility index (Phi) is 4.15. The zero-order chi connectivity index (χ0) is 12.4. The second-order valence-electron chi connectivity index (χ2n) is 4.80. The molecule has 0 N–H and O–H groups in total. The van der Waals surface area contributed by atoms with Crippen molar-refractivity contribution in [2.45, 2.75) is 26.3 Å². The Hall–Kier alpha value is -0.480. The molecule has 0 amide bonds. The van der Waals surface area contributed by atoms with Crippen LogP contribution in [0, 0.1) is 17.6 Å². The first-order valence-corrected chi connectivity index (χ1v) is 6.72. The molecular formula is C13H16BrF2N. The summed E-state index contributed by atoms with van der Waals surface area (Å²) < 4.78 is 27.7. The van der Waals surface area contributed by atoms with Crippen LogP contribution in [-0.4, -0.2) is 18.0 Å². The highest BCUT2D eigenvalue weighted by atomic mass is 79.9. The summed E-state index contributed by atoms with van der Waals surface area (Å²) in [6.45, 7) is 4.39. The van der Waals surface area contributed by atoms with Crippen molar-refractivity contribution in [2.75, 3.05) is 13.1 Å². The minimum atomic E-state index is -0.469. The largest absolute Gasteiger partial charge is 0.299 e. The van der Waals surface area contributed by atoms with Crippen molar-refractivity contribution in [1.82, 2.24) is 4.90 Å². The standard InChI is InChI=1S/C13H16BrF2N/c1-9-3-2-6-17(7-9)8-10-12(15)5-4-11(14)13(10)16/h4-5,9H,2-3,6-8H2,1H3. The topological polar surface area (TPSA) is 3.24 Å². The lowest BCUT2D eigenvalue weighted by Gasteiger charge is -2.31. The van der Waals surface area contributed by atoms with Crippen LogP contribution in [0.3, 0.4) is 0 Å². The van der Waals surface area contributed by atoms with E-state index in [9.17, 15) is 8.78 Å². The van der Waals surface area contributed by atoms with Crippen molar-refractivity contribution >= 4 is 15.9 Å². The third-order valence-corrected chi connectivity index (χ3v) is 3.87. The summed E-state index contributed by atoms with van der Waals surface area (Å²) in [5, 5.41) is 0. The van der Waals surface area contributed by atoms with Gasteiger partial charge in [0.2, 0.25) is 0 Å². The molecule has 1 saturated heterocycles. The predicted octanol–water partition coefficient (Wildman–Crippen LogP) is 3.96. The van der Waals surface area contributed by atoms with Gasteiger partial charge in [-0.05, 0) is 53.4 Å². The summed E-state index contributed by atoms with van der Waals surface area (Å²) in [5.74, 6) is -0.311. The van der Waals surface area contributed by atoms with Crippen LogP contribution in [0.2, 0.25) is 0 Å². The SMILES string of the molecule is CC1CCCN(Cc2c(F)ccc(Br)c2F)C1. The molecule has 1 aliphatic rings. The number of benzene rings is 1. The van der Waals surface area contributed by atoms with Gasteiger partial charge < -0.3 is 0 Å². The molecule has 1 aromatic carbocycles. The summed E-state index contributed by atoms with van der Waals surface area (Å²) in [5.41, 5.74) is 0.175. The molecule has 1 aromatic rings. The van der Waals surface area contributed by atoms with Crippen molar-refractivity contribution in [3.8, 4) is 0 Å². The minimum absolute atomic E-state index is 0.175. The lowest BCUT2D eigenvalue weighted by Crippen LogP contribution is -2.34. The number of halogens is 3. The van der Waals surface area contributed by atoms with Gasteiger partial charge in [0.1, 0.15) is 11.6 Å². The molecule has 94 valence electrons. The molecule has 0 saturated carbocycles. The Bertz CT molecular complexity index is 409. The molecule has 17 heavy (non-hydrogen) atoms. The molecule has 0 spiro atoms. The van der Waals surface area contributed by atoms with Gasteiger partial charge in [0.05, 0.1) is 4.47 Å². The quantitative estimate of drug-likeness (QED) is 0.748. The maximum atomic E-state index is 13.8. The van der Waals surface area contributed by atoms with Gasteiger partial charge in [-0.3, -0.25) is 4.90 Å². The Morgan fingerprint density at radius 3 is 2.88 bits per heavy atom. The number of hydrogen-bond donors (Lipinski definition) is 0. The molecule has 4 heteroatoms. The first-order valence-electron chi connectivity index (χ1n) is 5.92. The van der Waals surface area contributed by atoms with Gasteiger partial charge in [-0.1, -0.05) is 6.92 Å². The average molecular weight is 304 g/mol. The molecule has 0 aliphatic carbocycles. The van der Waals surface area contributed by atoms with Crippen LogP contribution in [0.25, 0.3) is 0 Å². The zero-order valence-electron chi connectivity index (χ0n) is 9.85. The van der Waals surface area contributed by atoms with E-state index in [2.05, 4.69) is 27.8 Å². The molecule has 1 aliphatic heterocycles. The number of nitrogens with zero attached hydrogens (tertiary/aromatic N) is 1. The molecule has 1 heterocycles. The molecule has 1 unspecified atom stereocenters. The van der Waals surface area contributed by atoms with E-state index < -0.39 is 11.6 Å². The van der Waals surface area contributed by atoms with E-state index in [-0.39, 0.29) is 5.56 Å². The van der Waals surface area contributed by atoms with Crippen molar-refractivity contribution in [3.05, 3.63) is 33.8 Å². The van der Waals surface area contributed by atoms with Crippen LogP contribution in [0.4, 0.5) is 8.78 Å². The number of hydrogen-bond acceptors (Lipinski definition) is 1. The van der Waals surface area contributed by atoms with Crippen LogP contribution in [0.15, 0.2) is 16.6 Å². The number of piperidine rings is 1. The maximum Gasteiger partial charge on any atom is 0.144 e. The van der Waals surface area contributed by atoms with Crippen molar-refractivity contribution in [1.29, 1.82) is 0 Å². The van der Waals surface area contributed by atoms with E-state index in [4.69, 9.17) is 0 Å². The van der Waals surface area contributed by atoms with Crippen molar-refractivity contribution < 1.29 is 8.78 Å². The molecule has 1 nitrogen and oxygen atoms in total. The normalized spacial score (nSPS) is 21.8. The van der Waals surface area contributed by atoms with Gasteiger partial charge in [0.25, 0.3) is 0 Å². The van der Waals surface area contributed by atoms with E-state index >= 15 is 0 Å². The van der Waals surface area contributed by atoms with E-state index in [0.29, 0.717) is 16.9 Å². The Morgan fingerprint density at radius 1 is 1.41 bits per heavy atom. The Labute approximate surface area is 109 Å². The smallest absolute Gasteiger partial charge is 0.144 e. The summed E-state index contributed by atoms with van der Waals surface area (Å²) in [6.07, 6.45) is 2.32. The second-order valence-corrected chi connectivity index (χ2v) is 5.66. The lowest BCUT2D eigenvalue weighted by molar-refractivity contribution is 0.172. The molecular weight excluding hydrogens is 288 g/mol. The molecule has 0 aromatic heterocycles. The summed E-state index contributed by atoms with van der Waals surface area (Å²) in [7, 11) is 0. The molecule has 1 atom stereocenters. The fraction of sp³-hybridized carbons (Fsp3) is 0.538. The summed E-state index contributed by atoms with van der Waals surface area (Å²) in [4.78, 5) is 2.13. The maximum absolute atomic E-state index is 13.8. The van der Waals surface area contributed by atoms with E-state index in [1.54, 1.807) is 0 Å². The fourth-order valence-electron chi connectivity index (χ4n) is 2.37. The van der Waals surface area contributed by atoms with Gasteiger partial charge >= 0.3 is 0 Å². The zero-order valence-corrected chi connectivity index (χ0v) is 11.4.